The van der Waals surface area contributed by atoms with E-state index in [0.29, 0.717) is 22.2 Å². The van der Waals surface area contributed by atoms with Crippen molar-refractivity contribution in [2.45, 2.75) is 24.7 Å². The maximum absolute atomic E-state index is 13.4. The summed E-state index contributed by atoms with van der Waals surface area (Å²) < 4.78 is 1.09. The van der Waals surface area contributed by atoms with Crippen LogP contribution in [0.4, 0.5) is 11.4 Å². The predicted octanol–water partition coefficient (Wildman–Crippen LogP) is 6.40. The largest absolute Gasteiger partial charge is 0.350 e. The van der Waals surface area contributed by atoms with Crippen LogP contribution in [0.2, 0.25) is 0 Å². The first-order chi connectivity index (χ1) is 14.9. The normalized spacial score (nSPS) is 14.0. The van der Waals surface area contributed by atoms with Crippen molar-refractivity contribution in [3.8, 4) is 0 Å². The highest BCUT2D eigenvalue weighted by atomic mass is 127. The van der Waals surface area contributed by atoms with Crippen LogP contribution in [0.15, 0.2) is 94.4 Å². The van der Waals surface area contributed by atoms with E-state index in [2.05, 4.69) is 41.8 Å². The molecule has 0 aromatic heterocycles. The SMILES string of the molecule is CC(C)c1ccc(N2C(=O)C(Nc3ccc(I)cc3)=C(Sc3ccccc3)C2=O)cc1. The van der Waals surface area contributed by atoms with Gasteiger partial charge in [0.2, 0.25) is 0 Å². The fraction of sp³-hybridized carbons (Fsp3) is 0.120. The third-order valence-electron chi connectivity index (χ3n) is 4.94. The summed E-state index contributed by atoms with van der Waals surface area (Å²) in [6.45, 7) is 4.22. The molecule has 2 amide bonds. The van der Waals surface area contributed by atoms with Crippen molar-refractivity contribution in [3.05, 3.63) is 98.6 Å². The Morgan fingerprint density at radius 1 is 0.839 bits per heavy atom. The van der Waals surface area contributed by atoms with E-state index in [9.17, 15) is 9.59 Å². The van der Waals surface area contributed by atoms with Gasteiger partial charge in [-0.3, -0.25) is 9.59 Å². The van der Waals surface area contributed by atoms with Crippen LogP contribution in [0.1, 0.15) is 25.3 Å². The fourth-order valence-corrected chi connectivity index (χ4v) is 4.55. The summed E-state index contributed by atoms with van der Waals surface area (Å²) in [7, 11) is 0. The average molecular weight is 540 g/mol. The molecule has 0 saturated heterocycles. The highest BCUT2D eigenvalue weighted by Gasteiger charge is 2.40. The second kappa shape index (κ2) is 9.28. The fourth-order valence-electron chi connectivity index (χ4n) is 3.24. The Morgan fingerprint density at radius 2 is 1.48 bits per heavy atom. The lowest BCUT2D eigenvalue weighted by Gasteiger charge is -2.16. The Balaban J connectivity index is 1.71. The molecule has 0 atom stereocenters. The molecular formula is C25H21IN2O2S. The van der Waals surface area contributed by atoms with Crippen LogP contribution in [0.5, 0.6) is 0 Å². The number of anilines is 2. The van der Waals surface area contributed by atoms with Crippen LogP contribution >= 0.6 is 34.4 Å². The number of benzene rings is 3. The minimum Gasteiger partial charge on any atom is -0.350 e. The summed E-state index contributed by atoms with van der Waals surface area (Å²) in [6, 6.07) is 24.9. The molecule has 4 rings (SSSR count). The zero-order valence-corrected chi connectivity index (χ0v) is 20.1. The van der Waals surface area contributed by atoms with Gasteiger partial charge in [-0.2, -0.15) is 0 Å². The molecule has 1 aliphatic heterocycles. The second-order valence-electron chi connectivity index (χ2n) is 7.44. The van der Waals surface area contributed by atoms with Gasteiger partial charge in [0.15, 0.2) is 0 Å². The lowest BCUT2D eigenvalue weighted by molar-refractivity contribution is -0.120. The third kappa shape index (κ3) is 4.70. The van der Waals surface area contributed by atoms with E-state index in [4.69, 9.17) is 0 Å². The standard InChI is InChI=1S/C25H21IN2O2S/c1-16(2)17-8-14-20(15-9-17)28-24(29)22(27-19-12-10-18(26)11-13-19)23(25(28)30)31-21-6-4-3-5-7-21/h3-16,27H,1-2H3. The van der Waals surface area contributed by atoms with Crippen LogP contribution in [0.25, 0.3) is 0 Å². The topological polar surface area (TPSA) is 49.4 Å². The minimum absolute atomic E-state index is 0.299. The molecule has 0 spiro atoms. The van der Waals surface area contributed by atoms with E-state index in [1.54, 1.807) is 0 Å². The molecule has 156 valence electrons. The number of thioether (sulfide) groups is 1. The Bertz CT molecular complexity index is 1140. The van der Waals surface area contributed by atoms with E-state index in [1.165, 1.54) is 16.7 Å². The Kier molecular flexibility index (Phi) is 6.48. The maximum atomic E-state index is 13.4. The lowest BCUT2D eigenvalue weighted by Crippen LogP contribution is -2.32. The lowest BCUT2D eigenvalue weighted by atomic mass is 10.0. The predicted molar refractivity (Wildman–Crippen MR) is 135 cm³/mol. The maximum Gasteiger partial charge on any atom is 0.283 e. The van der Waals surface area contributed by atoms with Gasteiger partial charge in [0.05, 0.1) is 5.69 Å². The van der Waals surface area contributed by atoms with Crippen LogP contribution in [-0.4, -0.2) is 11.8 Å². The van der Waals surface area contributed by atoms with E-state index < -0.39 is 0 Å². The first-order valence-electron chi connectivity index (χ1n) is 9.92. The first kappa shape index (κ1) is 21.6. The number of imide groups is 1. The molecule has 0 unspecified atom stereocenters. The molecule has 0 bridgehead atoms. The summed E-state index contributed by atoms with van der Waals surface area (Å²) >= 11 is 3.54. The van der Waals surface area contributed by atoms with Crippen LogP contribution in [0.3, 0.4) is 0 Å². The second-order valence-corrected chi connectivity index (χ2v) is 9.77. The molecule has 0 saturated carbocycles. The summed E-state index contributed by atoms with van der Waals surface area (Å²) in [5, 5.41) is 3.19. The minimum atomic E-state index is -0.348. The number of nitrogens with one attached hydrogen (secondary N) is 1. The van der Waals surface area contributed by atoms with Crippen molar-refractivity contribution in [2.24, 2.45) is 0 Å². The van der Waals surface area contributed by atoms with Crippen molar-refractivity contribution in [1.29, 1.82) is 0 Å². The highest BCUT2D eigenvalue weighted by molar-refractivity contribution is 14.1. The van der Waals surface area contributed by atoms with E-state index in [1.807, 2.05) is 78.9 Å². The van der Waals surface area contributed by atoms with Gasteiger partial charge in [-0.1, -0.05) is 55.9 Å². The Morgan fingerprint density at radius 3 is 2.10 bits per heavy atom. The van der Waals surface area contributed by atoms with Gasteiger partial charge in [0.1, 0.15) is 10.6 Å². The molecule has 1 N–H and O–H groups in total. The number of halogens is 1. The van der Waals surface area contributed by atoms with Crippen LogP contribution < -0.4 is 10.2 Å². The molecule has 1 aliphatic rings. The van der Waals surface area contributed by atoms with Crippen LogP contribution in [0, 0.1) is 3.57 Å². The molecule has 3 aromatic carbocycles. The molecule has 4 nitrogen and oxygen atoms in total. The summed E-state index contributed by atoms with van der Waals surface area (Å²) in [5.41, 5.74) is 2.80. The number of carbonyl (C=O) groups is 2. The smallest absolute Gasteiger partial charge is 0.283 e. The highest BCUT2D eigenvalue weighted by Crippen LogP contribution is 2.38. The summed E-state index contributed by atoms with van der Waals surface area (Å²) in [6.07, 6.45) is 0. The van der Waals surface area contributed by atoms with E-state index >= 15 is 0 Å². The van der Waals surface area contributed by atoms with Gasteiger partial charge >= 0.3 is 0 Å². The van der Waals surface area contributed by atoms with Gasteiger partial charge in [-0.05, 0) is 82.6 Å². The van der Waals surface area contributed by atoms with Crippen molar-refractivity contribution < 1.29 is 9.59 Å². The van der Waals surface area contributed by atoms with Crippen molar-refractivity contribution in [3.63, 3.8) is 0 Å². The molecule has 31 heavy (non-hydrogen) atoms. The molecular weight excluding hydrogens is 519 g/mol. The third-order valence-corrected chi connectivity index (χ3v) is 6.75. The molecule has 3 aromatic rings. The van der Waals surface area contributed by atoms with Crippen LogP contribution in [-0.2, 0) is 9.59 Å². The quantitative estimate of drug-likeness (QED) is 0.290. The number of nitrogens with zero attached hydrogens (tertiary/aromatic N) is 1. The number of hydrogen-bond donors (Lipinski definition) is 1. The van der Waals surface area contributed by atoms with Crippen molar-refractivity contribution in [1.82, 2.24) is 0 Å². The number of rotatable bonds is 6. The van der Waals surface area contributed by atoms with Gasteiger partial charge < -0.3 is 5.32 Å². The zero-order chi connectivity index (χ0) is 22.0. The summed E-state index contributed by atoms with van der Waals surface area (Å²) in [5.74, 6) is -0.289. The Labute approximate surface area is 199 Å². The molecule has 0 fully saturated rings. The number of carbonyl (C=O) groups excluding carboxylic acids is 2. The van der Waals surface area contributed by atoms with Crippen molar-refractivity contribution >= 4 is 57.5 Å². The zero-order valence-electron chi connectivity index (χ0n) is 17.1. The van der Waals surface area contributed by atoms with Gasteiger partial charge in [-0.15, -0.1) is 0 Å². The Hall–Kier alpha value is -2.58. The van der Waals surface area contributed by atoms with Crippen molar-refractivity contribution in [2.75, 3.05) is 10.2 Å². The molecule has 1 heterocycles. The monoisotopic (exact) mass is 540 g/mol. The average Bonchev–Trinajstić information content (AvgIpc) is 3.00. The van der Waals surface area contributed by atoms with Gasteiger partial charge in [0.25, 0.3) is 11.8 Å². The number of amides is 2. The van der Waals surface area contributed by atoms with Gasteiger partial charge in [0, 0.05) is 14.2 Å². The first-order valence-corrected chi connectivity index (χ1v) is 11.8. The van der Waals surface area contributed by atoms with E-state index in [0.717, 1.165) is 19.7 Å². The number of hydrogen-bond acceptors (Lipinski definition) is 4. The summed E-state index contributed by atoms with van der Waals surface area (Å²) in [4.78, 5) is 29.3. The van der Waals surface area contributed by atoms with E-state index in [-0.39, 0.29) is 11.8 Å². The van der Waals surface area contributed by atoms with Gasteiger partial charge in [-0.25, -0.2) is 4.90 Å². The molecule has 0 radical (unpaired) electrons. The molecule has 0 aliphatic carbocycles. The molecule has 6 heteroatoms.